The van der Waals surface area contributed by atoms with Crippen molar-refractivity contribution in [2.75, 3.05) is 0 Å². The van der Waals surface area contributed by atoms with Gasteiger partial charge in [0.2, 0.25) is 11.2 Å². The number of ether oxygens (including phenoxy) is 1. The largest absolute Gasteiger partial charge is 0.508 e. The number of hydrogen-bond donors (Lipinski definition) is 1. The first-order valence-electron chi connectivity index (χ1n) is 7.79. The third-order valence-corrected chi connectivity index (χ3v) is 3.89. The minimum atomic E-state index is -0.266. The monoisotopic (exact) mass is 324 g/mol. The first-order chi connectivity index (χ1) is 11.3. The zero-order chi connectivity index (χ0) is 17.5. The molecule has 3 rings (SSSR count). The number of hydrogen-bond acceptors (Lipinski definition) is 4. The van der Waals surface area contributed by atoms with E-state index < -0.39 is 0 Å². The molecule has 0 aliphatic carbocycles. The van der Waals surface area contributed by atoms with Gasteiger partial charge in [-0.25, -0.2) is 0 Å². The van der Waals surface area contributed by atoms with Crippen molar-refractivity contribution < 1.29 is 14.3 Å². The smallest absolute Gasteiger partial charge is 0.235 e. The van der Waals surface area contributed by atoms with Crippen molar-refractivity contribution in [1.29, 1.82) is 0 Å². The van der Waals surface area contributed by atoms with Gasteiger partial charge in [0.25, 0.3) is 0 Å². The van der Waals surface area contributed by atoms with E-state index in [9.17, 15) is 9.90 Å². The quantitative estimate of drug-likeness (QED) is 0.728. The van der Waals surface area contributed by atoms with Crippen LogP contribution in [0.1, 0.15) is 31.9 Å². The summed E-state index contributed by atoms with van der Waals surface area (Å²) < 4.78 is 11.4. The molecule has 0 unspecified atom stereocenters. The first-order valence-corrected chi connectivity index (χ1v) is 7.79. The van der Waals surface area contributed by atoms with Crippen LogP contribution in [-0.2, 0) is 5.41 Å². The summed E-state index contributed by atoms with van der Waals surface area (Å²) in [6.07, 6.45) is 1.29. The van der Waals surface area contributed by atoms with Gasteiger partial charge in [-0.1, -0.05) is 32.9 Å². The van der Waals surface area contributed by atoms with E-state index in [0.29, 0.717) is 16.7 Å². The maximum Gasteiger partial charge on any atom is 0.235 e. The van der Waals surface area contributed by atoms with E-state index in [0.717, 1.165) is 11.1 Å². The fourth-order valence-corrected chi connectivity index (χ4v) is 2.62. The third-order valence-electron chi connectivity index (χ3n) is 3.89. The fraction of sp³-hybridized carbons (Fsp3) is 0.250. The second-order valence-corrected chi connectivity index (χ2v) is 6.96. The van der Waals surface area contributed by atoms with Gasteiger partial charge in [0.05, 0.1) is 5.39 Å². The number of rotatable bonds is 2. The molecule has 0 atom stereocenters. The molecule has 0 amide bonds. The summed E-state index contributed by atoms with van der Waals surface area (Å²) in [7, 11) is 0. The molecule has 3 aromatic rings. The van der Waals surface area contributed by atoms with E-state index in [2.05, 4.69) is 20.8 Å². The average molecular weight is 324 g/mol. The molecule has 0 aliphatic rings. The Morgan fingerprint density at radius 2 is 1.79 bits per heavy atom. The zero-order valence-electron chi connectivity index (χ0n) is 14.2. The highest BCUT2D eigenvalue weighted by atomic mass is 16.5. The lowest BCUT2D eigenvalue weighted by Gasteiger charge is -2.22. The Labute approximate surface area is 140 Å². The first kappa shape index (κ1) is 16.1. The van der Waals surface area contributed by atoms with Crippen molar-refractivity contribution in [3.8, 4) is 17.2 Å². The molecule has 1 aromatic heterocycles. The van der Waals surface area contributed by atoms with Gasteiger partial charge in [-0.05, 0) is 36.1 Å². The van der Waals surface area contributed by atoms with Gasteiger partial charge < -0.3 is 14.3 Å². The predicted molar refractivity (Wildman–Crippen MR) is 94.1 cm³/mol. The van der Waals surface area contributed by atoms with Crippen LogP contribution in [0.15, 0.2) is 51.9 Å². The maximum atomic E-state index is 12.6. The van der Waals surface area contributed by atoms with Crippen LogP contribution in [0.4, 0.5) is 0 Å². The molecule has 24 heavy (non-hydrogen) atoms. The van der Waals surface area contributed by atoms with E-state index >= 15 is 0 Å². The molecule has 1 heterocycles. The average Bonchev–Trinajstić information content (AvgIpc) is 2.49. The lowest BCUT2D eigenvalue weighted by atomic mass is 9.86. The van der Waals surface area contributed by atoms with Crippen molar-refractivity contribution in [1.82, 2.24) is 0 Å². The lowest BCUT2D eigenvalue weighted by molar-refractivity contribution is 0.431. The Morgan fingerprint density at radius 1 is 1.04 bits per heavy atom. The molecule has 4 heteroatoms. The highest BCUT2D eigenvalue weighted by molar-refractivity contribution is 5.79. The second-order valence-electron chi connectivity index (χ2n) is 6.96. The van der Waals surface area contributed by atoms with Crippen LogP contribution >= 0.6 is 0 Å². The van der Waals surface area contributed by atoms with Crippen LogP contribution in [0.25, 0.3) is 11.0 Å². The van der Waals surface area contributed by atoms with E-state index in [1.165, 1.54) is 24.5 Å². The number of phenols is 1. The molecular formula is C20H20O4. The van der Waals surface area contributed by atoms with Gasteiger partial charge in [-0.2, -0.15) is 0 Å². The number of aromatic hydroxyl groups is 1. The van der Waals surface area contributed by atoms with E-state index in [4.69, 9.17) is 9.15 Å². The fourth-order valence-electron chi connectivity index (χ4n) is 2.62. The van der Waals surface area contributed by atoms with E-state index in [1.807, 2.05) is 25.1 Å². The van der Waals surface area contributed by atoms with Crippen LogP contribution in [0, 0.1) is 6.92 Å². The second kappa shape index (κ2) is 5.71. The molecule has 0 bridgehead atoms. The van der Waals surface area contributed by atoms with Crippen molar-refractivity contribution in [3.63, 3.8) is 0 Å². The Kier molecular flexibility index (Phi) is 3.84. The van der Waals surface area contributed by atoms with Gasteiger partial charge in [-0.3, -0.25) is 4.79 Å². The summed E-state index contributed by atoms with van der Waals surface area (Å²) in [6, 6.07) is 10.4. The molecule has 1 N–H and O–H groups in total. The Hall–Kier alpha value is -2.75. The van der Waals surface area contributed by atoms with Gasteiger partial charge in [0.1, 0.15) is 23.3 Å². The molecule has 4 nitrogen and oxygen atoms in total. The number of aryl methyl sites for hydroxylation is 1. The number of phenolic OH excluding ortho intramolecular Hbond substituents is 1. The standard InChI is InChI=1S/C20H20O4/c1-12-5-8-15(20(2,3)4)17(9-12)24-18-11-23-16-10-13(21)6-7-14(16)19(18)22/h5-11,21H,1-4H3. The van der Waals surface area contributed by atoms with Crippen LogP contribution in [-0.4, -0.2) is 5.11 Å². The molecule has 0 aliphatic heterocycles. The molecule has 0 radical (unpaired) electrons. The zero-order valence-corrected chi connectivity index (χ0v) is 14.2. The van der Waals surface area contributed by atoms with Crippen molar-refractivity contribution >= 4 is 11.0 Å². The van der Waals surface area contributed by atoms with Gasteiger partial charge in [-0.15, -0.1) is 0 Å². The summed E-state index contributed by atoms with van der Waals surface area (Å²) in [5.41, 5.74) is 2.00. The predicted octanol–water partition coefficient (Wildman–Crippen LogP) is 4.90. The van der Waals surface area contributed by atoms with Crippen molar-refractivity contribution in [2.24, 2.45) is 0 Å². The SMILES string of the molecule is Cc1ccc(C(C)(C)C)c(Oc2coc3cc(O)ccc3c2=O)c1. The van der Waals surface area contributed by atoms with Crippen LogP contribution < -0.4 is 10.2 Å². The molecule has 0 spiro atoms. The van der Waals surface area contributed by atoms with Crippen molar-refractivity contribution in [3.05, 3.63) is 64.0 Å². The van der Waals surface area contributed by atoms with Gasteiger partial charge in [0, 0.05) is 11.6 Å². The van der Waals surface area contributed by atoms with E-state index in [-0.39, 0.29) is 22.3 Å². The van der Waals surface area contributed by atoms with Gasteiger partial charge >= 0.3 is 0 Å². The highest BCUT2D eigenvalue weighted by Gasteiger charge is 2.20. The maximum absolute atomic E-state index is 12.6. The Balaban J connectivity index is 2.11. The topological polar surface area (TPSA) is 59.7 Å². The number of benzene rings is 2. The van der Waals surface area contributed by atoms with Crippen LogP contribution in [0.3, 0.4) is 0 Å². The summed E-state index contributed by atoms with van der Waals surface area (Å²) >= 11 is 0. The molecular weight excluding hydrogens is 304 g/mol. The Bertz CT molecular complexity index is 962. The van der Waals surface area contributed by atoms with Crippen molar-refractivity contribution in [2.45, 2.75) is 33.1 Å². The van der Waals surface area contributed by atoms with Crippen LogP contribution in [0.2, 0.25) is 0 Å². The summed E-state index contributed by atoms with van der Waals surface area (Å²) in [6.45, 7) is 8.26. The van der Waals surface area contributed by atoms with Crippen LogP contribution in [0.5, 0.6) is 17.2 Å². The highest BCUT2D eigenvalue weighted by Crippen LogP contribution is 2.34. The summed E-state index contributed by atoms with van der Waals surface area (Å²) in [4.78, 5) is 12.6. The molecule has 0 fully saturated rings. The molecule has 0 saturated heterocycles. The normalized spacial score (nSPS) is 11.7. The molecule has 124 valence electrons. The molecule has 2 aromatic carbocycles. The third kappa shape index (κ3) is 3.00. The van der Waals surface area contributed by atoms with Gasteiger partial charge in [0.15, 0.2) is 0 Å². The summed E-state index contributed by atoms with van der Waals surface area (Å²) in [5, 5.41) is 9.86. The Morgan fingerprint density at radius 3 is 2.50 bits per heavy atom. The summed E-state index contributed by atoms with van der Waals surface area (Å²) in [5.74, 6) is 0.824. The minimum absolute atomic E-state index is 0.0491. The minimum Gasteiger partial charge on any atom is -0.508 e. The number of fused-ring (bicyclic) bond motifs is 1. The molecule has 0 saturated carbocycles. The van der Waals surface area contributed by atoms with E-state index in [1.54, 1.807) is 0 Å². The lowest BCUT2D eigenvalue weighted by Crippen LogP contribution is -2.14.